The maximum absolute atomic E-state index is 12.2. The first-order valence-electron chi connectivity index (χ1n) is 3.27. The Hall–Kier alpha value is -1.25. The number of rotatable bonds is 2. The summed E-state index contributed by atoms with van der Waals surface area (Å²) in [6.07, 6.45) is 3.20. The van der Waals surface area contributed by atoms with E-state index in [1.165, 1.54) is 12.3 Å². The van der Waals surface area contributed by atoms with Gasteiger partial charge in [-0.1, -0.05) is 6.58 Å². The van der Waals surface area contributed by atoms with Gasteiger partial charge in [-0.05, 0) is 0 Å². The molecule has 0 bridgehead atoms. The molecule has 11 heavy (non-hydrogen) atoms. The summed E-state index contributed by atoms with van der Waals surface area (Å²) in [6, 6.07) is 0. The van der Waals surface area contributed by atoms with Crippen molar-refractivity contribution in [3.63, 3.8) is 0 Å². The number of carbonyl (C=O) groups is 1. The molecule has 0 saturated carbocycles. The van der Waals surface area contributed by atoms with Crippen molar-refractivity contribution < 1.29 is 9.18 Å². The predicted molar refractivity (Wildman–Crippen MR) is 41.1 cm³/mol. The van der Waals surface area contributed by atoms with Crippen molar-refractivity contribution in [1.29, 1.82) is 0 Å². The molecule has 1 aliphatic rings. The molecule has 0 aromatic heterocycles. The van der Waals surface area contributed by atoms with Crippen LogP contribution in [0.1, 0.15) is 12.8 Å². The third-order valence-electron chi connectivity index (χ3n) is 1.25. The minimum Gasteiger partial charge on any atom is -0.294 e. The Balaban J connectivity index is 2.64. The van der Waals surface area contributed by atoms with Crippen molar-refractivity contribution in [2.75, 3.05) is 0 Å². The summed E-state index contributed by atoms with van der Waals surface area (Å²) in [5.41, 5.74) is 0.453. The Labute approximate surface area is 64.1 Å². The van der Waals surface area contributed by atoms with Crippen LogP contribution < -0.4 is 0 Å². The highest BCUT2D eigenvalue weighted by Crippen LogP contribution is 2.13. The number of aliphatic imine (C=N–C) groups is 1. The van der Waals surface area contributed by atoms with Crippen LogP contribution in [0.5, 0.6) is 0 Å². The van der Waals surface area contributed by atoms with E-state index in [1.807, 2.05) is 0 Å². The molecule has 0 radical (unpaired) electrons. The van der Waals surface area contributed by atoms with Crippen LogP contribution in [0.25, 0.3) is 0 Å². The summed E-state index contributed by atoms with van der Waals surface area (Å²) >= 11 is 0. The number of halogens is 1. The lowest BCUT2D eigenvalue weighted by molar-refractivity contribution is -0.113. The molecule has 1 rings (SSSR count). The van der Waals surface area contributed by atoms with Crippen LogP contribution in [-0.2, 0) is 4.79 Å². The third-order valence-corrected chi connectivity index (χ3v) is 1.25. The average Bonchev–Trinajstić information content (AvgIpc) is 1.85. The number of hydrogen-bond donors (Lipinski definition) is 0. The van der Waals surface area contributed by atoms with E-state index >= 15 is 0 Å². The van der Waals surface area contributed by atoms with Gasteiger partial charge in [-0.25, -0.2) is 4.39 Å². The minimum atomic E-state index is -0.469. The van der Waals surface area contributed by atoms with Crippen LogP contribution in [0.2, 0.25) is 0 Å². The van der Waals surface area contributed by atoms with Gasteiger partial charge in [0.05, 0.1) is 11.5 Å². The second-order valence-electron chi connectivity index (χ2n) is 2.31. The topological polar surface area (TPSA) is 29.4 Å². The fourth-order valence-corrected chi connectivity index (χ4v) is 0.828. The van der Waals surface area contributed by atoms with Crippen molar-refractivity contribution in [2.45, 2.75) is 12.8 Å². The van der Waals surface area contributed by atoms with Gasteiger partial charge in [-0.15, -0.1) is 0 Å². The largest absolute Gasteiger partial charge is 0.294 e. The molecule has 2 nitrogen and oxygen atoms in total. The standard InChI is InChI=1S/C8H8FNO/c1-6(9)4-7-5-8(11)2-3-10-7/h3,5H,1-2,4H2. The molecule has 3 heteroatoms. The summed E-state index contributed by atoms with van der Waals surface area (Å²) in [5.74, 6) is -0.501. The lowest BCUT2D eigenvalue weighted by atomic mass is 10.2. The normalized spacial score (nSPS) is 16.5. The highest BCUT2D eigenvalue weighted by molar-refractivity contribution is 6.01. The van der Waals surface area contributed by atoms with Crippen LogP contribution in [0, 0.1) is 0 Å². The molecule has 0 amide bonds. The van der Waals surface area contributed by atoms with Crippen LogP contribution in [0.3, 0.4) is 0 Å². The van der Waals surface area contributed by atoms with E-state index in [2.05, 4.69) is 11.6 Å². The molecule has 0 unspecified atom stereocenters. The van der Waals surface area contributed by atoms with E-state index < -0.39 is 5.83 Å². The van der Waals surface area contributed by atoms with Crippen LogP contribution in [0.15, 0.2) is 29.2 Å². The molecule has 1 aliphatic heterocycles. The smallest absolute Gasteiger partial charge is 0.162 e. The van der Waals surface area contributed by atoms with Gasteiger partial charge in [0.1, 0.15) is 0 Å². The highest BCUT2D eigenvalue weighted by atomic mass is 19.1. The van der Waals surface area contributed by atoms with Gasteiger partial charge in [0.15, 0.2) is 5.78 Å². The Morgan fingerprint density at radius 3 is 3.09 bits per heavy atom. The molecule has 0 spiro atoms. The summed E-state index contributed by atoms with van der Waals surface area (Å²) in [4.78, 5) is 14.6. The van der Waals surface area contributed by atoms with Crippen LogP contribution in [-0.4, -0.2) is 12.0 Å². The number of carbonyl (C=O) groups excluding carboxylic acids is 1. The number of hydrogen-bond acceptors (Lipinski definition) is 2. The zero-order valence-corrected chi connectivity index (χ0v) is 6.01. The molecule has 0 saturated heterocycles. The monoisotopic (exact) mass is 153 g/mol. The van der Waals surface area contributed by atoms with Gasteiger partial charge < -0.3 is 0 Å². The number of allylic oxidation sites excluding steroid dienone is 2. The van der Waals surface area contributed by atoms with Gasteiger partial charge in [-0.3, -0.25) is 9.79 Å². The Morgan fingerprint density at radius 2 is 2.55 bits per heavy atom. The van der Waals surface area contributed by atoms with Crippen molar-refractivity contribution in [1.82, 2.24) is 0 Å². The van der Waals surface area contributed by atoms with E-state index in [-0.39, 0.29) is 12.2 Å². The Kier molecular flexibility index (Phi) is 2.31. The lowest BCUT2D eigenvalue weighted by Crippen LogP contribution is -2.00. The summed E-state index contributed by atoms with van der Waals surface area (Å²) in [5, 5.41) is 0. The van der Waals surface area contributed by atoms with Gasteiger partial charge in [0.25, 0.3) is 0 Å². The fourth-order valence-electron chi connectivity index (χ4n) is 0.828. The van der Waals surface area contributed by atoms with Gasteiger partial charge >= 0.3 is 0 Å². The maximum atomic E-state index is 12.2. The van der Waals surface area contributed by atoms with Gasteiger partial charge in [0, 0.05) is 25.1 Å². The van der Waals surface area contributed by atoms with E-state index in [9.17, 15) is 9.18 Å². The van der Waals surface area contributed by atoms with Crippen molar-refractivity contribution >= 4 is 12.0 Å². The average molecular weight is 153 g/mol. The first-order chi connectivity index (χ1) is 5.18. The van der Waals surface area contributed by atoms with Crippen LogP contribution >= 0.6 is 0 Å². The molecular formula is C8H8FNO. The van der Waals surface area contributed by atoms with Crippen molar-refractivity contribution in [3.05, 3.63) is 24.2 Å². The summed E-state index contributed by atoms with van der Waals surface area (Å²) < 4.78 is 12.2. The molecule has 0 aromatic rings. The molecule has 0 N–H and O–H groups in total. The second-order valence-corrected chi connectivity index (χ2v) is 2.31. The van der Waals surface area contributed by atoms with Gasteiger partial charge in [-0.2, -0.15) is 0 Å². The molecule has 0 fully saturated rings. The molecular weight excluding hydrogens is 145 g/mol. The molecule has 0 aromatic carbocycles. The zero-order valence-electron chi connectivity index (χ0n) is 6.01. The maximum Gasteiger partial charge on any atom is 0.162 e. The zero-order chi connectivity index (χ0) is 8.27. The lowest BCUT2D eigenvalue weighted by Gasteiger charge is -2.02. The van der Waals surface area contributed by atoms with E-state index in [0.29, 0.717) is 12.1 Å². The van der Waals surface area contributed by atoms with E-state index in [1.54, 1.807) is 0 Å². The van der Waals surface area contributed by atoms with E-state index in [4.69, 9.17) is 0 Å². The molecule has 0 atom stereocenters. The minimum absolute atomic E-state index is 0.0312. The van der Waals surface area contributed by atoms with Gasteiger partial charge in [0.2, 0.25) is 0 Å². The molecule has 1 heterocycles. The van der Waals surface area contributed by atoms with Crippen LogP contribution in [0.4, 0.5) is 4.39 Å². The fraction of sp³-hybridized carbons (Fsp3) is 0.250. The Morgan fingerprint density at radius 1 is 1.82 bits per heavy atom. The summed E-state index contributed by atoms with van der Waals surface area (Å²) in [7, 11) is 0. The first kappa shape index (κ1) is 7.85. The highest BCUT2D eigenvalue weighted by Gasteiger charge is 2.05. The second kappa shape index (κ2) is 3.23. The SMILES string of the molecule is C=C(F)CC1=CC(=O)CC=N1. The first-order valence-corrected chi connectivity index (χ1v) is 3.27. The number of nitrogens with zero attached hydrogens (tertiary/aromatic N) is 1. The van der Waals surface area contributed by atoms with Crippen molar-refractivity contribution in [2.24, 2.45) is 4.99 Å². The predicted octanol–water partition coefficient (Wildman–Crippen LogP) is 1.79. The Bertz CT molecular complexity index is 253. The third kappa shape index (κ3) is 2.45. The van der Waals surface area contributed by atoms with E-state index in [0.717, 1.165) is 0 Å². The summed E-state index contributed by atoms with van der Waals surface area (Å²) in [6.45, 7) is 3.08. The molecule has 58 valence electrons. The van der Waals surface area contributed by atoms with Crippen molar-refractivity contribution in [3.8, 4) is 0 Å². The number of ketones is 1. The quantitative estimate of drug-likeness (QED) is 0.594. The molecule has 0 aliphatic carbocycles.